The number of aromatic amines is 1. The summed E-state index contributed by atoms with van der Waals surface area (Å²) in [5.74, 6) is 1.97. The first-order valence-electron chi connectivity index (χ1n) is 12.9. The number of ether oxygens (including phenoxy) is 1. The first-order valence-corrected chi connectivity index (χ1v) is 15.5. The maximum Gasteiger partial charge on any atom is 0.226 e. The SMILES string of the molecule is CC(C)Oc1cc2[nH]ncc2cc1Nc1ncnc2sc3c(c12)CC[C@H](C(=O)N1CC2(CCS2(O)O)C1)C3. The zero-order valence-electron chi connectivity index (χ0n) is 21.2. The van der Waals surface area contributed by atoms with Gasteiger partial charge in [0.05, 0.1) is 33.6 Å². The number of anilines is 2. The molecule has 0 saturated carbocycles. The third-order valence-electron chi connectivity index (χ3n) is 8.16. The van der Waals surface area contributed by atoms with Crippen LogP contribution >= 0.6 is 21.9 Å². The van der Waals surface area contributed by atoms with E-state index in [0.29, 0.717) is 31.0 Å². The van der Waals surface area contributed by atoms with Crippen LogP contribution in [0.4, 0.5) is 11.5 Å². The molecule has 0 radical (unpaired) electrons. The molecule has 5 heterocycles. The van der Waals surface area contributed by atoms with Crippen molar-refractivity contribution < 1.29 is 18.6 Å². The van der Waals surface area contributed by atoms with Gasteiger partial charge in [-0.15, -0.1) is 11.3 Å². The highest BCUT2D eigenvalue weighted by atomic mass is 32.3. The number of carbonyl (C=O) groups excluding carboxylic acids is 1. The lowest BCUT2D eigenvalue weighted by atomic mass is 9.85. The molecule has 3 aromatic heterocycles. The number of likely N-dealkylation sites (tertiary alicyclic amines) is 1. The number of hydrogen-bond donors (Lipinski definition) is 4. The molecule has 4 aromatic rings. The molecule has 200 valence electrons. The largest absolute Gasteiger partial charge is 0.489 e. The van der Waals surface area contributed by atoms with Crippen molar-refractivity contribution in [1.29, 1.82) is 0 Å². The number of aromatic nitrogens is 4. The summed E-state index contributed by atoms with van der Waals surface area (Å²) in [6.07, 6.45) is 6.37. The summed E-state index contributed by atoms with van der Waals surface area (Å²) in [4.78, 5) is 26.4. The fraction of sp³-hybridized carbons (Fsp3) is 0.462. The summed E-state index contributed by atoms with van der Waals surface area (Å²) >= 11 is 1.63. The van der Waals surface area contributed by atoms with Crippen molar-refractivity contribution in [2.45, 2.75) is 50.4 Å². The van der Waals surface area contributed by atoms with Gasteiger partial charge in [0.2, 0.25) is 5.91 Å². The van der Waals surface area contributed by atoms with Crippen LogP contribution in [-0.2, 0) is 17.6 Å². The van der Waals surface area contributed by atoms with Crippen molar-refractivity contribution in [3.05, 3.63) is 35.1 Å². The molecule has 4 N–H and O–H groups in total. The van der Waals surface area contributed by atoms with E-state index in [2.05, 4.69) is 25.5 Å². The Hall–Kier alpha value is -2.93. The lowest BCUT2D eigenvalue weighted by molar-refractivity contribution is -0.141. The molecule has 12 heteroatoms. The number of carbonyl (C=O) groups is 1. The summed E-state index contributed by atoms with van der Waals surface area (Å²) in [5.41, 5.74) is 2.92. The molecule has 2 saturated heterocycles. The van der Waals surface area contributed by atoms with Gasteiger partial charge >= 0.3 is 0 Å². The number of fused-ring (bicyclic) bond motifs is 4. The average molecular weight is 555 g/mol. The molecule has 38 heavy (non-hydrogen) atoms. The van der Waals surface area contributed by atoms with E-state index in [1.807, 2.05) is 30.9 Å². The molecule has 1 atom stereocenters. The van der Waals surface area contributed by atoms with Gasteiger partial charge in [0.1, 0.15) is 22.7 Å². The number of H-pyrrole nitrogens is 1. The Balaban J connectivity index is 1.15. The summed E-state index contributed by atoms with van der Waals surface area (Å²) in [5, 5.41) is 12.6. The smallest absolute Gasteiger partial charge is 0.226 e. The lowest BCUT2D eigenvalue weighted by Gasteiger charge is -2.67. The number of nitrogens with one attached hydrogen (secondary N) is 2. The highest BCUT2D eigenvalue weighted by Crippen LogP contribution is 2.67. The molecule has 3 aliphatic rings. The fourth-order valence-corrected chi connectivity index (χ4v) is 9.10. The molecule has 2 fully saturated rings. The van der Waals surface area contributed by atoms with Crippen LogP contribution in [0.15, 0.2) is 24.7 Å². The maximum atomic E-state index is 13.3. The first-order chi connectivity index (χ1) is 18.2. The van der Waals surface area contributed by atoms with E-state index in [1.54, 1.807) is 23.9 Å². The summed E-state index contributed by atoms with van der Waals surface area (Å²) in [6.45, 7) is 4.94. The monoisotopic (exact) mass is 554 g/mol. The van der Waals surface area contributed by atoms with E-state index in [-0.39, 0.29) is 17.9 Å². The van der Waals surface area contributed by atoms with E-state index in [1.165, 1.54) is 10.4 Å². The standard InChI is InChI=1S/C26H30N6O4S2/c1-14(2)36-20-9-18-16(10-29-31-18)7-19(20)30-23-22-17-4-3-15(8-21(17)37-24(22)28-13-27-23)25(33)32-11-26(12-32)5-6-38(26,34)35/h7,9-10,13-15,34-35H,3-6,8,11-12H2,1-2H3,(H,29,31)(H,27,28,30)/t15-/m0/s1. The van der Waals surface area contributed by atoms with E-state index in [9.17, 15) is 13.9 Å². The third kappa shape index (κ3) is 3.69. The van der Waals surface area contributed by atoms with Crippen molar-refractivity contribution in [2.24, 2.45) is 5.92 Å². The number of aryl methyl sites for hydroxylation is 1. The number of rotatable bonds is 5. The highest BCUT2D eigenvalue weighted by Gasteiger charge is 2.60. The van der Waals surface area contributed by atoms with Crippen LogP contribution in [0, 0.1) is 5.92 Å². The van der Waals surface area contributed by atoms with Gasteiger partial charge in [-0.05, 0) is 51.2 Å². The molecular weight excluding hydrogens is 524 g/mol. The van der Waals surface area contributed by atoms with Gasteiger partial charge in [0.15, 0.2) is 0 Å². The molecule has 1 aliphatic carbocycles. The topological polar surface area (TPSA) is 136 Å². The van der Waals surface area contributed by atoms with Crippen LogP contribution in [-0.4, -0.2) is 69.8 Å². The average Bonchev–Trinajstić information content (AvgIpc) is 3.46. The second-order valence-corrected chi connectivity index (χ2v) is 14.6. The second-order valence-electron chi connectivity index (χ2n) is 10.9. The van der Waals surface area contributed by atoms with Crippen molar-refractivity contribution in [3.8, 4) is 5.75 Å². The minimum Gasteiger partial charge on any atom is -0.489 e. The summed E-state index contributed by atoms with van der Waals surface area (Å²) in [7, 11) is -2.53. The lowest BCUT2D eigenvalue weighted by Crippen LogP contribution is -2.71. The summed E-state index contributed by atoms with van der Waals surface area (Å²) < 4.78 is 26.1. The molecule has 0 bridgehead atoms. The van der Waals surface area contributed by atoms with Gasteiger partial charge in [-0.2, -0.15) is 15.7 Å². The number of hydrogen-bond acceptors (Lipinski definition) is 9. The van der Waals surface area contributed by atoms with Gasteiger partial charge < -0.3 is 15.0 Å². The van der Waals surface area contributed by atoms with E-state index < -0.39 is 15.3 Å². The van der Waals surface area contributed by atoms with Crippen LogP contribution < -0.4 is 10.1 Å². The molecule has 7 rings (SSSR count). The second kappa shape index (κ2) is 8.54. The Morgan fingerprint density at radius 2 is 2.16 bits per heavy atom. The Bertz CT molecular complexity index is 1570. The molecule has 2 aliphatic heterocycles. The Morgan fingerprint density at radius 3 is 2.89 bits per heavy atom. The normalized spacial score (nSPS) is 22.2. The van der Waals surface area contributed by atoms with Crippen LogP contribution in [0.25, 0.3) is 21.1 Å². The van der Waals surface area contributed by atoms with Crippen molar-refractivity contribution >= 4 is 60.5 Å². The predicted octanol–water partition coefficient (Wildman–Crippen LogP) is 4.94. The van der Waals surface area contributed by atoms with Gasteiger partial charge in [0.25, 0.3) is 0 Å². The minimum atomic E-state index is -2.53. The number of nitrogens with zero attached hydrogens (tertiary/aromatic N) is 4. The van der Waals surface area contributed by atoms with Crippen LogP contribution in [0.2, 0.25) is 0 Å². The molecule has 0 unspecified atom stereocenters. The molecule has 1 spiro atoms. The molecule has 1 amide bonds. The quantitative estimate of drug-likeness (QED) is 0.272. The Labute approximate surface area is 225 Å². The zero-order valence-corrected chi connectivity index (χ0v) is 22.9. The number of benzene rings is 1. The van der Waals surface area contributed by atoms with E-state index >= 15 is 0 Å². The van der Waals surface area contributed by atoms with Crippen LogP contribution in [0.3, 0.4) is 0 Å². The van der Waals surface area contributed by atoms with Crippen LogP contribution in [0.1, 0.15) is 37.1 Å². The first kappa shape index (κ1) is 24.1. The van der Waals surface area contributed by atoms with Gasteiger partial charge in [-0.1, -0.05) is 0 Å². The van der Waals surface area contributed by atoms with Gasteiger partial charge in [0, 0.05) is 41.1 Å². The predicted molar refractivity (Wildman–Crippen MR) is 150 cm³/mol. The van der Waals surface area contributed by atoms with Crippen LogP contribution in [0.5, 0.6) is 5.75 Å². The molecular formula is C26H30N6O4S2. The highest BCUT2D eigenvalue weighted by molar-refractivity contribution is 8.26. The van der Waals surface area contributed by atoms with Crippen molar-refractivity contribution in [3.63, 3.8) is 0 Å². The minimum absolute atomic E-state index is 0.00266. The van der Waals surface area contributed by atoms with Crippen molar-refractivity contribution in [2.75, 3.05) is 24.2 Å². The number of amides is 1. The zero-order chi connectivity index (χ0) is 26.2. The van der Waals surface area contributed by atoms with Gasteiger partial charge in [-0.25, -0.2) is 9.97 Å². The third-order valence-corrected chi connectivity index (χ3v) is 11.9. The van der Waals surface area contributed by atoms with E-state index in [4.69, 9.17) is 4.74 Å². The maximum absolute atomic E-state index is 13.3. The van der Waals surface area contributed by atoms with Gasteiger partial charge in [-0.3, -0.25) is 19.0 Å². The van der Waals surface area contributed by atoms with Crippen molar-refractivity contribution in [1.82, 2.24) is 25.1 Å². The Kier molecular flexibility index (Phi) is 5.42. The Morgan fingerprint density at radius 1 is 1.32 bits per heavy atom. The molecule has 10 nitrogen and oxygen atoms in total. The number of thiophene rings is 1. The summed E-state index contributed by atoms with van der Waals surface area (Å²) in [6, 6.07) is 3.96. The fourth-order valence-electron chi connectivity index (χ4n) is 5.97. The molecule has 1 aromatic carbocycles. The van der Waals surface area contributed by atoms with E-state index in [0.717, 1.165) is 51.9 Å².